The van der Waals surface area contributed by atoms with Gasteiger partial charge in [-0.3, -0.25) is 13.9 Å². The van der Waals surface area contributed by atoms with E-state index in [2.05, 4.69) is 5.32 Å². The minimum Gasteiger partial charge on any atom is -0.357 e. The molecule has 0 heterocycles. The predicted molar refractivity (Wildman–Crippen MR) is 172 cm³/mol. The summed E-state index contributed by atoms with van der Waals surface area (Å²) < 4.78 is 29.3. The van der Waals surface area contributed by atoms with Crippen LogP contribution in [0.25, 0.3) is 0 Å². The van der Waals surface area contributed by atoms with Gasteiger partial charge >= 0.3 is 0 Å². The Kier molecular flexibility index (Phi) is 10.5. The Hall–Kier alpha value is -3.85. The van der Waals surface area contributed by atoms with Crippen LogP contribution < -0.4 is 9.62 Å². The van der Waals surface area contributed by atoms with Crippen LogP contribution in [0.3, 0.4) is 0 Å². The summed E-state index contributed by atoms with van der Waals surface area (Å²) in [6.45, 7) is 3.10. The molecule has 43 heavy (non-hydrogen) atoms. The molecule has 4 aromatic rings. The van der Waals surface area contributed by atoms with Crippen molar-refractivity contribution in [1.29, 1.82) is 0 Å². The topological polar surface area (TPSA) is 86.8 Å². The number of amides is 2. The molecule has 2 amide bonds. The van der Waals surface area contributed by atoms with Crippen molar-refractivity contribution in [2.24, 2.45) is 0 Å². The van der Waals surface area contributed by atoms with Gasteiger partial charge in [-0.2, -0.15) is 0 Å². The van der Waals surface area contributed by atoms with Crippen molar-refractivity contribution in [3.8, 4) is 0 Å². The number of aryl methyl sites for hydroxylation is 2. The second-order valence-electron chi connectivity index (χ2n) is 10.2. The van der Waals surface area contributed by atoms with Gasteiger partial charge in [-0.05, 0) is 66.9 Å². The van der Waals surface area contributed by atoms with Crippen molar-refractivity contribution < 1.29 is 18.0 Å². The zero-order valence-corrected chi connectivity index (χ0v) is 26.5. The summed E-state index contributed by atoms with van der Waals surface area (Å²) in [6, 6.07) is 26.7. The first-order valence-corrected chi connectivity index (χ1v) is 15.8. The predicted octanol–water partition coefficient (Wildman–Crippen LogP) is 6.19. The largest absolute Gasteiger partial charge is 0.357 e. The first-order chi connectivity index (χ1) is 20.5. The van der Waals surface area contributed by atoms with Crippen molar-refractivity contribution >= 4 is 50.7 Å². The Bertz CT molecular complexity index is 1680. The quantitative estimate of drug-likeness (QED) is 0.212. The number of rotatable bonds is 11. The average Bonchev–Trinajstić information content (AvgIpc) is 3.00. The monoisotopic (exact) mass is 637 g/mol. The van der Waals surface area contributed by atoms with E-state index in [1.54, 1.807) is 55.5 Å². The fraction of sp³-hybridized carbons (Fsp3) is 0.212. The van der Waals surface area contributed by atoms with E-state index in [1.807, 2.05) is 37.3 Å². The number of hydrogen-bond donors (Lipinski definition) is 1. The van der Waals surface area contributed by atoms with Crippen molar-refractivity contribution in [2.45, 2.75) is 37.8 Å². The Labute approximate surface area is 263 Å². The highest BCUT2D eigenvalue weighted by Gasteiger charge is 2.34. The Morgan fingerprint density at radius 2 is 1.44 bits per heavy atom. The molecule has 0 bridgehead atoms. The number of anilines is 1. The van der Waals surface area contributed by atoms with E-state index < -0.39 is 28.5 Å². The summed E-state index contributed by atoms with van der Waals surface area (Å²) in [5.41, 5.74) is 3.35. The highest BCUT2D eigenvalue weighted by molar-refractivity contribution is 7.92. The number of nitrogens with one attached hydrogen (secondary N) is 1. The maximum atomic E-state index is 14.4. The SMILES string of the molecule is CNC(=O)C(Cc1ccccc1)N(Cc1ccc(Cl)cc1)C(=O)CN(c1cc(Cl)ccc1C)S(=O)(=O)c1ccc(C)cc1. The van der Waals surface area contributed by atoms with Crippen LogP contribution in [0.2, 0.25) is 10.0 Å². The molecule has 10 heteroatoms. The van der Waals surface area contributed by atoms with E-state index in [1.165, 1.54) is 30.1 Å². The lowest BCUT2D eigenvalue weighted by molar-refractivity contribution is -0.139. The van der Waals surface area contributed by atoms with Gasteiger partial charge in [0.05, 0.1) is 10.6 Å². The molecule has 0 aromatic heterocycles. The van der Waals surface area contributed by atoms with Crippen LogP contribution in [-0.4, -0.2) is 44.8 Å². The Morgan fingerprint density at radius 3 is 2.07 bits per heavy atom. The summed E-state index contributed by atoms with van der Waals surface area (Å²) in [5, 5.41) is 3.53. The van der Waals surface area contributed by atoms with Crippen LogP contribution in [-0.2, 0) is 32.6 Å². The summed E-state index contributed by atoms with van der Waals surface area (Å²) in [5.74, 6) is -0.937. The second kappa shape index (κ2) is 14.1. The number of carbonyl (C=O) groups excluding carboxylic acids is 2. The molecule has 4 rings (SSSR count). The standard InChI is InChI=1S/C33H33Cl2N3O4S/c1-23-9-17-29(18-10-23)43(41,42)38(30-20-28(35)14-11-24(30)2)22-32(39)37(21-26-12-15-27(34)16-13-26)31(33(40)36-3)19-25-7-5-4-6-8-25/h4-18,20,31H,19,21-22H2,1-3H3,(H,36,40). The van der Waals surface area contributed by atoms with Crippen molar-refractivity contribution in [1.82, 2.24) is 10.2 Å². The third kappa shape index (κ3) is 7.96. The zero-order chi connectivity index (χ0) is 31.1. The lowest BCUT2D eigenvalue weighted by Crippen LogP contribution is -2.53. The number of benzene rings is 4. The fourth-order valence-corrected chi connectivity index (χ4v) is 6.47. The number of halogens is 2. The lowest BCUT2D eigenvalue weighted by Gasteiger charge is -2.34. The van der Waals surface area contributed by atoms with Gasteiger partial charge in [-0.15, -0.1) is 0 Å². The maximum Gasteiger partial charge on any atom is 0.264 e. The molecule has 0 fully saturated rings. The second-order valence-corrected chi connectivity index (χ2v) is 13.0. The number of hydrogen-bond acceptors (Lipinski definition) is 4. The maximum absolute atomic E-state index is 14.4. The molecule has 7 nitrogen and oxygen atoms in total. The van der Waals surface area contributed by atoms with E-state index in [-0.39, 0.29) is 29.5 Å². The van der Waals surface area contributed by atoms with Crippen molar-refractivity contribution in [3.63, 3.8) is 0 Å². The lowest BCUT2D eigenvalue weighted by atomic mass is 10.0. The van der Waals surface area contributed by atoms with Crippen LogP contribution in [0.1, 0.15) is 22.3 Å². The Morgan fingerprint density at radius 1 is 0.814 bits per heavy atom. The van der Waals surface area contributed by atoms with Gasteiger partial charge in [-0.1, -0.05) is 89.4 Å². The van der Waals surface area contributed by atoms with Gasteiger partial charge < -0.3 is 10.2 Å². The van der Waals surface area contributed by atoms with Crippen LogP contribution in [0.15, 0.2) is 102 Å². The van der Waals surface area contributed by atoms with Gasteiger partial charge in [0, 0.05) is 30.1 Å². The van der Waals surface area contributed by atoms with Gasteiger partial charge in [0.15, 0.2) is 0 Å². The molecular weight excluding hydrogens is 605 g/mol. The summed E-state index contributed by atoms with van der Waals surface area (Å²) in [4.78, 5) is 29.1. The summed E-state index contributed by atoms with van der Waals surface area (Å²) in [6.07, 6.45) is 0.223. The molecule has 1 atom stereocenters. The van der Waals surface area contributed by atoms with Crippen LogP contribution in [0.4, 0.5) is 5.69 Å². The molecular formula is C33H33Cl2N3O4S. The van der Waals surface area contributed by atoms with Crippen LogP contribution in [0.5, 0.6) is 0 Å². The van der Waals surface area contributed by atoms with Crippen molar-refractivity contribution in [2.75, 3.05) is 17.9 Å². The average molecular weight is 639 g/mol. The summed E-state index contributed by atoms with van der Waals surface area (Å²) >= 11 is 12.4. The third-order valence-corrected chi connectivity index (χ3v) is 9.37. The highest BCUT2D eigenvalue weighted by atomic mass is 35.5. The fourth-order valence-electron chi connectivity index (χ4n) is 4.71. The minimum atomic E-state index is -4.22. The molecule has 1 N–H and O–H groups in total. The van der Waals surface area contributed by atoms with Gasteiger partial charge in [0.1, 0.15) is 12.6 Å². The van der Waals surface area contributed by atoms with E-state index in [4.69, 9.17) is 23.2 Å². The zero-order valence-electron chi connectivity index (χ0n) is 24.1. The van der Waals surface area contributed by atoms with Gasteiger partial charge in [0.25, 0.3) is 10.0 Å². The minimum absolute atomic E-state index is 0.0293. The molecule has 0 aliphatic rings. The number of nitrogens with zero attached hydrogens (tertiary/aromatic N) is 2. The highest BCUT2D eigenvalue weighted by Crippen LogP contribution is 2.30. The molecule has 0 spiro atoms. The molecule has 4 aromatic carbocycles. The molecule has 1 unspecified atom stereocenters. The molecule has 0 radical (unpaired) electrons. The molecule has 0 aliphatic heterocycles. The molecule has 0 saturated heterocycles. The summed E-state index contributed by atoms with van der Waals surface area (Å²) in [7, 11) is -2.71. The number of likely N-dealkylation sites (N-methyl/N-ethyl adjacent to an activating group) is 1. The third-order valence-electron chi connectivity index (χ3n) is 7.11. The first-order valence-electron chi connectivity index (χ1n) is 13.6. The van der Waals surface area contributed by atoms with Crippen LogP contribution in [0, 0.1) is 13.8 Å². The molecule has 0 saturated carbocycles. The van der Waals surface area contributed by atoms with E-state index in [9.17, 15) is 18.0 Å². The van der Waals surface area contributed by atoms with E-state index >= 15 is 0 Å². The Balaban J connectivity index is 1.81. The van der Waals surface area contributed by atoms with E-state index in [0.29, 0.717) is 15.6 Å². The number of sulfonamides is 1. The number of carbonyl (C=O) groups is 2. The van der Waals surface area contributed by atoms with Gasteiger partial charge in [-0.25, -0.2) is 8.42 Å². The van der Waals surface area contributed by atoms with Crippen molar-refractivity contribution in [3.05, 3.63) is 129 Å². The first kappa shape index (κ1) is 32.1. The normalized spacial score (nSPS) is 11.9. The molecule has 224 valence electrons. The van der Waals surface area contributed by atoms with E-state index in [0.717, 1.165) is 21.0 Å². The van der Waals surface area contributed by atoms with Crippen LogP contribution >= 0.6 is 23.2 Å². The van der Waals surface area contributed by atoms with Gasteiger partial charge in [0.2, 0.25) is 11.8 Å². The molecule has 0 aliphatic carbocycles. The smallest absolute Gasteiger partial charge is 0.264 e.